The molecular weight excluding hydrogens is 364 g/mol. The summed E-state index contributed by atoms with van der Waals surface area (Å²) in [5, 5.41) is 0.393. The lowest BCUT2D eigenvalue weighted by Crippen LogP contribution is -2.35. The Hall–Kier alpha value is -2.14. The number of nitrogens with zero attached hydrogens (tertiary/aromatic N) is 2. The molecule has 1 aromatic carbocycles. The number of halogens is 1. The third-order valence-corrected chi connectivity index (χ3v) is 5.38. The van der Waals surface area contributed by atoms with Gasteiger partial charge < -0.3 is 18.9 Å². The number of rotatable bonds is 5. The molecule has 5 nitrogen and oxygen atoms in total. The van der Waals surface area contributed by atoms with Gasteiger partial charge in [-0.05, 0) is 44.0 Å². The van der Waals surface area contributed by atoms with Gasteiger partial charge in [0.1, 0.15) is 0 Å². The summed E-state index contributed by atoms with van der Waals surface area (Å²) in [5.41, 5.74) is 1.69. The van der Waals surface area contributed by atoms with Crippen LogP contribution in [0.15, 0.2) is 30.5 Å². The molecule has 6 heteroatoms. The van der Waals surface area contributed by atoms with E-state index in [2.05, 4.69) is 10.6 Å². The molecule has 0 bridgehead atoms. The van der Waals surface area contributed by atoms with Crippen LogP contribution in [0.1, 0.15) is 54.7 Å². The van der Waals surface area contributed by atoms with Crippen LogP contribution in [-0.2, 0) is 7.05 Å². The molecule has 0 unspecified atom stereocenters. The van der Waals surface area contributed by atoms with Gasteiger partial charge in [0, 0.05) is 31.0 Å². The highest BCUT2D eigenvalue weighted by Crippen LogP contribution is 2.38. The van der Waals surface area contributed by atoms with E-state index in [1.165, 1.54) is 0 Å². The van der Waals surface area contributed by atoms with E-state index in [1.807, 2.05) is 31.1 Å². The topological polar surface area (TPSA) is 43.7 Å². The number of aromatic nitrogens is 1. The van der Waals surface area contributed by atoms with E-state index in [9.17, 15) is 4.79 Å². The van der Waals surface area contributed by atoms with E-state index in [0.29, 0.717) is 28.7 Å². The fourth-order valence-electron chi connectivity index (χ4n) is 3.77. The van der Waals surface area contributed by atoms with Crippen LogP contribution >= 0.6 is 11.6 Å². The number of hydrogen-bond donors (Lipinski definition) is 0. The van der Waals surface area contributed by atoms with Gasteiger partial charge in [0.05, 0.1) is 24.8 Å². The Kier molecular flexibility index (Phi) is 6.32. The van der Waals surface area contributed by atoms with Crippen LogP contribution in [0.2, 0.25) is 5.02 Å². The molecule has 1 atom stereocenters. The predicted octanol–water partition coefficient (Wildman–Crippen LogP) is 4.84. The Bertz CT molecular complexity index is 803. The predicted molar refractivity (Wildman–Crippen MR) is 107 cm³/mol. The van der Waals surface area contributed by atoms with Crippen molar-refractivity contribution < 1.29 is 14.3 Å². The van der Waals surface area contributed by atoms with Crippen molar-refractivity contribution in [3.63, 3.8) is 0 Å². The van der Waals surface area contributed by atoms with Gasteiger partial charge in [-0.1, -0.05) is 24.4 Å². The van der Waals surface area contributed by atoms with E-state index >= 15 is 0 Å². The van der Waals surface area contributed by atoms with Crippen LogP contribution in [0.3, 0.4) is 0 Å². The van der Waals surface area contributed by atoms with Gasteiger partial charge in [-0.2, -0.15) is 0 Å². The average Bonchev–Trinajstić information content (AvgIpc) is 2.94. The zero-order valence-corrected chi connectivity index (χ0v) is 17.0. The van der Waals surface area contributed by atoms with Gasteiger partial charge >= 0.3 is 0 Å². The Morgan fingerprint density at radius 2 is 2.11 bits per heavy atom. The summed E-state index contributed by atoms with van der Waals surface area (Å²) in [5.74, 6) is 0.942. The number of likely N-dealkylation sites (tertiary alicyclic amines) is 1. The molecule has 1 aromatic heterocycles. The first kappa shape index (κ1) is 19.6. The van der Waals surface area contributed by atoms with E-state index < -0.39 is 0 Å². The first-order valence-electron chi connectivity index (χ1n) is 9.49. The molecule has 0 spiro atoms. The van der Waals surface area contributed by atoms with Crippen molar-refractivity contribution in [1.29, 1.82) is 0 Å². The molecule has 0 saturated carbocycles. The number of aryl methyl sites for hydroxylation is 1. The minimum Gasteiger partial charge on any atom is -0.493 e. The number of benzene rings is 1. The zero-order chi connectivity index (χ0) is 19.4. The maximum absolute atomic E-state index is 13.4. The van der Waals surface area contributed by atoms with Crippen LogP contribution in [-0.4, -0.2) is 35.6 Å². The molecule has 1 saturated heterocycles. The van der Waals surface area contributed by atoms with E-state index in [1.54, 1.807) is 19.2 Å². The monoisotopic (exact) mass is 390 g/mol. The number of ether oxygens (including phenoxy) is 2. The van der Waals surface area contributed by atoms with Crippen LogP contribution in [0.5, 0.6) is 11.5 Å². The molecule has 0 aliphatic carbocycles. The number of carbonyl (C=O) groups excluding carboxylic acids is 1. The Morgan fingerprint density at radius 3 is 2.78 bits per heavy atom. The molecule has 1 amide bonds. The lowest BCUT2D eigenvalue weighted by atomic mass is 10.0. The molecule has 3 rings (SSSR count). The molecule has 0 radical (unpaired) electrons. The van der Waals surface area contributed by atoms with Crippen LogP contribution in [0.4, 0.5) is 0 Å². The molecular formula is C21H27ClN2O3. The third-order valence-electron chi connectivity index (χ3n) is 5.10. The number of carbonyl (C=O) groups is 1. The zero-order valence-electron chi connectivity index (χ0n) is 16.2. The van der Waals surface area contributed by atoms with Crippen molar-refractivity contribution in [3.05, 3.63) is 46.7 Å². The summed E-state index contributed by atoms with van der Waals surface area (Å²) in [6.45, 7) is 3.10. The smallest absolute Gasteiger partial charge is 0.254 e. The Labute approximate surface area is 165 Å². The number of methoxy groups -OCH3 is 1. The van der Waals surface area contributed by atoms with Crippen molar-refractivity contribution >= 4 is 17.5 Å². The van der Waals surface area contributed by atoms with Crippen molar-refractivity contribution in [2.24, 2.45) is 7.05 Å². The minimum absolute atomic E-state index is 0.0219. The molecule has 0 N–H and O–H groups in total. The van der Waals surface area contributed by atoms with Gasteiger partial charge in [0.25, 0.3) is 5.91 Å². The molecule has 2 aromatic rings. The molecule has 27 heavy (non-hydrogen) atoms. The fourth-order valence-corrected chi connectivity index (χ4v) is 4.04. The molecule has 2 heterocycles. The fraction of sp³-hybridized carbons (Fsp3) is 0.476. The largest absolute Gasteiger partial charge is 0.493 e. The first-order valence-corrected chi connectivity index (χ1v) is 9.87. The normalized spacial score (nSPS) is 17.5. The van der Waals surface area contributed by atoms with Crippen LogP contribution in [0.25, 0.3) is 0 Å². The maximum atomic E-state index is 13.4. The van der Waals surface area contributed by atoms with E-state index in [0.717, 1.165) is 37.9 Å². The van der Waals surface area contributed by atoms with Gasteiger partial charge in [-0.15, -0.1) is 0 Å². The van der Waals surface area contributed by atoms with Crippen molar-refractivity contribution in [2.45, 2.75) is 38.6 Å². The number of amides is 1. The maximum Gasteiger partial charge on any atom is 0.254 e. The van der Waals surface area contributed by atoms with Gasteiger partial charge in [0.2, 0.25) is 0 Å². The van der Waals surface area contributed by atoms with Crippen molar-refractivity contribution in [1.82, 2.24) is 9.47 Å². The minimum atomic E-state index is -0.0219. The third kappa shape index (κ3) is 4.08. The molecule has 1 aliphatic heterocycles. The first-order chi connectivity index (χ1) is 13.1. The molecule has 1 fully saturated rings. The highest BCUT2D eigenvalue weighted by Gasteiger charge is 2.30. The van der Waals surface area contributed by atoms with Gasteiger partial charge in [-0.3, -0.25) is 4.79 Å². The lowest BCUT2D eigenvalue weighted by molar-refractivity contribution is 0.0674. The van der Waals surface area contributed by atoms with Gasteiger partial charge in [0.15, 0.2) is 11.5 Å². The van der Waals surface area contributed by atoms with Crippen molar-refractivity contribution in [2.75, 3.05) is 20.3 Å². The SMILES string of the molecule is CCOc1c(Cl)cc(C(=O)N2CCCCC[C@@H]2c2cccn2C)cc1OC. The Balaban J connectivity index is 1.97. The summed E-state index contributed by atoms with van der Waals surface area (Å²) >= 11 is 6.39. The lowest BCUT2D eigenvalue weighted by Gasteiger charge is -2.31. The second-order valence-electron chi connectivity index (χ2n) is 6.83. The van der Waals surface area contributed by atoms with Gasteiger partial charge in [-0.25, -0.2) is 0 Å². The molecule has 1 aliphatic rings. The molecule has 146 valence electrons. The summed E-state index contributed by atoms with van der Waals surface area (Å²) in [6, 6.07) is 7.61. The summed E-state index contributed by atoms with van der Waals surface area (Å²) in [4.78, 5) is 15.4. The van der Waals surface area contributed by atoms with Crippen molar-refractivity contribution in [3.8, 4) is 11.5 Å². The Morgan fingerprint density at radius 1 is 1.30 bits per heavy atom. The standard InChI is InChI=1S/C21H27ClN2O3/c1-4-27-20-16(22)13-15(14-19(20)26-3)21(25)24-12-7-5-6-9-18(24)17-10-8-11-23(17)2/h8,10-11,13-14,18H,4-7,9,12H2,1-3H3/t18-/m1/s1. The summed E-state index contributed by atoms with van der Waals surface area (Å²) in [7, 11) is 3.58. The van der Waals surface area contributed by atoms with Crippen LogP contribution in [0, 0.1) is 0 Å². The quantitative estimate of drug-likeness (QED) is 0.733. The highest BCUT2D eigenvalue weighted by atomic mass is 35.5. The number of hydrogen-bond acceptors (Lipinski definition) is 3. The highest BCUT2D eigenvalue weighted by molar-refractivity contribution is 6.32. The summed E-state index contributed by atoms with van der Waals surface area (Å²) in [6.07, 6.45) is 6.25. The van der Waals surface area contributed by atoms with Crippen LogP contribution < -0.4 is 9.47 Å². The summed E-state index contributed by atoms with van der Waals surface area (Å²) < 4.78 is 13.1. The average molecular weight is 391 g/mol. The second-order valence-corrected chi connectivity index (χ2v) is 7.24. The second kappa shape index (κ2) is 8.70. The van der Waals surface area contributed by atoms with E-state index in [-0.39, 0.29) is 11.9 Å². The van der Waals surface area contributed by atoms with E-state index in [4.69, 9.17) is 21.1 Å².